The van der Waals surface area contributed by atoms with E-state index >= 15 is 0 Å². The number of ether oxygens (including phenoxy) is 1. The first-order valence-corrected chi connectivity index (χ1v) is 8.06. The number of pyridine rings is 1. The number of rotatable bonds is 5. The molecule has 0 radical (unpaired) electrons. The second kappa shape index (κ2) is 8.06. The molecule has 1 saturated heterocycles. The van der Waals surface area contributed by atoms with Gasteiger partial charge in [-0.2, -0.15) is 0 Å². The van der Waals surface area contributed by atoms with Gasteiger partial charge in [-0.15, -0.1) is 0 Å². The number of nitrogens with zero attached hydrogens (tertiary/aromatic N) is 3. The largest absolute Gasteiger partial charge is 0.466 e. The molecule has 6 nitrogen and oxygen atoms in total. The summed E-state index contributed by atoms with van der Waals surface area (Å²) in [5, 5.41) is 0. The molecule has 0 N–H and O–H groups in total. The number of hydrogen-bond acceptors (Lipinski definition) is 5. The van der Waals surface area contributed by atoms with Crippen molar-refractivity contribution in [3.8, 4) is 0 Å². The zero-order valence-electron chi connectivity index (χ0n) is 14.1. The van der Waals surface area contributed by atoms with Crippen LogP contribution in [0.4, 0.5) is 0 Å². The van der Waals surface area contributed by atoms with Gasteiger partial charge in [0, 0.05) is 25.5 Å². The van der Waals surface area contributed by atoms with Crippen molar-refractivity contribution >= 4 is 11.9 Å². The molecule has 1 amide bonds. The number of aromatic nitrogens is 1. The van der Waals surface area contributed by atoms with Gasteiger partial charge in [0.25, 0.3) is 0 Å². The molecule has 23 heavy (non-hydrogen) atoms. The Bertz CT molecular complexity index is 533. The molecule has 2 unspecified atom stereocenters. The maximum atomic E-state index is 13.0. The Labute approximate surface area is 137 Å². The topological polar surface area (TPSA) is 62.7 Å². The average molecular weight is 319 g/mol. The highest BCUT2D eigenvalue weighted by Crippen LogP contribution is 2.24. The Hall–Kier alpha value is -1.95. The molecule has 0 bridgehead atoms. The predicted molar refractivity (Wildman–Crippen MR) is 86.6 cm³/mol. The van der Waals surface area contributed by atoms with Crippen molar-refractivity contribution in [3.63, 3.8) is 0 Å². The van der Waals surface area contributed by atoms with Gasteiger partial charge in [0.15, 0.2) is 0 Å². The van der Waals surface area contributed by atoms with E-state index < -0.39 is 0 Å². The minimum absolute atomic E-state index is 0.0111. The lowest BCUT2D eigenvalue weighted by molar-refractivity contribution is -0.152. The van der Waals surface area contributed by atoms with Gasteiger partial charge in [0.2, 0.25) is 5.91 Å². The Kier molecular flexibility index (Phi) is 6.10. The zero-order valence-corrected chi connectivity index (χ0v) is 14.1. The highest BCUT2D eigenvalue weighted by atomic mass is 16.5. The Morgan fingerprint density at radius 1 is 1.48 bits per heavy atom. The lowest BCUT2D eigenvalue weighted by Crippen LogP contribution is -2.47. The van der Waals surface area contributed by atoms with Crippen LogP contribution in [0.1, 0.15) is 31.4 Å². The van der Waals surface area contributed by atoms with Crippen LogP contribution in [-0.4, -0.2) is 60.5 Å². The first-order chi connectivity index (χ1) is 11.0. The van der Waals surface area contributed by atoms with E-state index in [4.69, 9.17) is 4.74 Å². The molecule has 2 atom stereocenters. The number of esters is 1. The summed E-state index contributed by atoms with van der Waals surface area (Å²) in [6.07, 6.45) is 5.01. The van der Waals surface area contributed by atoms with E-state index in [9.17, 15) is 9.59 Å². The van der Waals surface area contributed by atoms with Crippen LogP contribution in [0.3, 0.4) is 0 Å². The van der Waals surface area contributed by atoms with E-state index in [-0.39, 0.29) is 23.8 Å². The number of carbonyl (C=O) groups is 2. The van der Waals surface area contributed by atoms with Gasteiger partial charge in [-0.05, 0) is 45.5 Å². The number of carbonyl (C=O) groups excluding carboxylic acids is 2. The molecule has 0 aromatic carbocycles. The van der Waals surface area contributed by atoms with Gasteiger partial charge in [-0.3, -0.25) is 19.5 Å². The number of amides is 1. The van der Waals surface area contributed by atoms with Gasteiger partial charge in [-0.25, -0.2) is 0 Å². The Balaban J connectivity index is 2.12. The highest BCUT2D eigenvalue weighted by Gasteiger charge is 2.34. The molecule has 0 saturated carbocycles. The monoisotopic (exact) mass is 319 g/mol. The standard InChI is InChI=1S/C17H25N3O3/c1-4-23-17(22)14-8-6-10-20(12-14)16(21)15(19(2)3)13-7-5-9-18-11-13/h5,7,9,11,14-15H,4,6,8,10,12H2,1-3H3. The van der Waals surface area contributed by atoms with Gasteiger partial charge < -0.3 is 9.64 Å². The molecule has 1 aromatic rings. The summed E-state index contributed by atoms with van der Waals surface area (Å²) < 4.78 is 5.10. The Morgan fingerprint density at radius 3 is 2.87 bits per heavy atom. The lowest BCUT2D eigenvalue weighted by atomic mass is 9.96. The minimum Gasteiger partial charge on any atom is -0.466 e. The maximum absolute atomic E-state index is 13.0. The quantitative estimate of drug-likeness (QED) is 0.769. The summed E-state index contributed by atoms with van der Waals surface area (Å²) >= 11 is 0. The summed E-state index contributed by atoms with van der Waals surface area (Å²) in [7, 11) is 3.75. The van der Waals surface area contributed by atoms with E-state index in [2.05, 4.69) is 4.98 Å². The van der Waals surface area contributed by atoms with Crippen molar-refractivity contribution < 1.29 is 14.3 Å². The average Bonchev–Trinajstić information content (AvgIpc) is 2.56. The number of hydrogen-bond donors (Lipinski definition) is 0. The maximum Gasteiger partial charge on any atom is 0.310 e. The molecular formula is C17H25N3O3. The summed E-state index contributed by atoms with van der Waals surface area (Å²) in [5.74, 6) is -0.408. The minimum atomic E-state index is -0.385. The van der Waals surface area contributed by atoms with Crippen molar-refractivity contribution in [2.24, 2.45) is 5.92 Å². The van der Waals surface area contributed by atoms with Crippen LogP contribution in [0.15, 0.2) is 24.5 Å². The van der Waals surface area contributed by atoms with E-state index in [1.165, 1.54) is 0 Å². The third-order valence-corrected chi connectivity index (χ3v) is 4.10. The zero-order chi connectivity index (χ0) is 16.8. The molecule has 6 heteroatoms. The Morgan fingerprint density at radius 2 is 2.26 bits per heavy atom. The molecule has 1 aromatic heterocycles. The smallest absolute Gasteiger partial charge is 0.310 e. The van der Waals surface area contributed by atoms with Crippen LogP contribution < -0.4 is 0 Å². The molecular weight excluding hydrogens is 294 g/mol. The van der Waals surface area contributed by atoms with Crippen LogP contribution in [0.25, 0.3) is 0 Å². The third kappa shape index (κ3) is 4.28. The second-order valence-electron chi connectivity index (χ2n) is 6.03. The summed E-state index contributed by atoms with van der Waals surface area (Å²) in [6.45, 7) is 3.29. The molecule has 1 aliphatic heterocycles. The van der Waals surface area contributed by atoms with E-state index in [1.807, 2.05) is 31.1 Å². The molecule has 126 valence electrons. The fourth-order valence-corrected chi connectivity index (χ4v) is 3.00. The number of likely N-dealkylation sites (N-methyl/N-ethyl adjacent to an activating group) is 1. The molecule has 2 heterocycles. The van der Waals surface area contributed by atoms with Crippen molar-refractivity contribution in [2.45, 2.75) is 25.8 Å². The third-order valence-electron chi connectivity index (χ3n) is 4.10. The first-order valence-electron chi connectivity index (χ1n) is 8.06. The first kappa shape index (κ1) is 17.4. The molecule has 1 aliphatic rings. The molecule has 1 fully saturated rings. The fourth-order valence-electron chi connectivity index (χ4n) is 3.00. The SMILES string of the molecule is CCOC(=O)C1CCCN(C(=O)C(c2cccnc2)N(C)C)C1. The normalized spacial score (nSPS) is 19.5. The van der Waals surface area contributed by atoms with Crippen molar-refractivity contribution in [2.75, 3.05) is 33.8 Å². The van der Waals surface area contributed by atoms with E-state index in [0.29, 0.717) is 19.7 Å². The van der Waals surface area contributed by atoms with Gasteiger partial charge in [0.05, 0.1) is 12.5 Å². The highest BCUT2D eigenvalue weighted by molar-refractivity contribution is 5.84. The number of likely N-dealkylation sites (tertiary alicyclic amines) is 1. The second-order valence-corrected chi connectivity index (χ2v) is 6.03. The molecule has 0 spiro atoms. The van der Waals surface area contributed by atoms with Gasteiger partial charge in [0.1, 0.15) is 6.04 Å². The van der Waals surface area contributed by atoms with E-state index in [1.54, 1.807) is 24.2 Å². The predicted octanol–water partition coefficient (Wildman–Crippen LogP) is 1.49. The summed E-state index contributed by atoms with van der Waals surface area (Å²) in [4.78, 5) is 32.7. The van der Waals surface area contributed by atoms with Crippen LogP contribution in [0.2, 0.25) is 0 Å². The van der Waals surface area contributed by atoms with E-state index in [0.717, 1.165) is 18.4 Å². The van der Waals surface area contributed by atoms with Crippen LogP contribution in [-0.2, 0) is 14.3 Å². The van der Waals surface area contributed by atoms with Crippen LogP contribution >= 0.6 is 0 Å². The number of piperidine rings is 1. The molecule has 0 aliphatic carbocycles. The van der Waals surface area contributed by atoms with Gasteiger partial charge >= 0.3 is 5.97 Å². The van der Waals surface area contributed by atoms with Crippen molar-refractivity contribution in [1.82, 2.24) is 14.8 Å². The summed E-state index contributed by atoms with van der Waals surface area (Å²) in [6, 6.07) is 3.35. The van der Waals surface area contributed by atoms with Crippen molar-refractivity contribution in [3.05, 3.63) is 30.1 Å². The molecule has 2 rings (SSSR count). The van der Waals surface area contributed by atoms with Gasteiger partial charge in [-0.1, -0.05) is 6.07 Å². The van der Waals surface area contributed by atoms with Crippen LogP contribution in [0, 0.1) is 5.92 Å². The fraction of sp³-hybridized carbons (Fsp3) is 0.588. The van der Waals surface area contributed by atoms with Crippen LogP contribution in [0.5, 0.6) is 0 Å². The summed E-state index contributed by atoms with van der Waals surface area (Å²) in [5.41, 5.74) is 0.862. The van der Waals surface area contributed by atoms with Crippen molar-refractivity contribution in [1.29, 1.82) is 0 Å². The lowest BCUT2D eigenvalue weighted by Gasteiger charge is -2.35.